The van der Waals surface area contributed by atoms with Crippen molar-refractivity contribution in [1.82, 2.24) is 14.9 Å². The van der Waals surface area contributed by atoms with Crippen molar-refractivity contribution in [2.45, 2.75) is 12.8 Å². The number of ether oxygens (including phenoxy) is 2. The SMILES string of the molecule is COC(CNC(=O)c1c[nH]c(=O)n(Cc2ccccc2Cl)c1=O)OC. The number of amides is 1. The molecule has 9 heteroatoms. The second-order valence-corrected chi connectivity index (χ2v) is 5.51. The topological polar surface area (TPSA) is 102 Å². The molecule has 1 aromatic heterocycles. The number of nitrogens with zero attached hydrogens (tertiary/aromatic N) is 1. The number of hydrogen-bond acceptors (Lipinski definition) is 5. The first-order chi connectivity index (χ1) is 12.0. The van der Waals surface area contributed by atoms with Gasteiger partial charge in [-0.15, -0.1) is 0 Å². The maximum Gasteiger partial charge on any atom is 0.328 e. The third-order valence-electron chi connectivity index (χ3n) is 3.55. The van der Waals surface area contributed by atoms with Crippen molar-refractivity contribution >= 4 is 17.5 Å². The first-order valence-electron chi connectivity index (χ1n) is 7.37. The summed E-state index contributed by atoms with van der Waals surface area (Å²) in [6.45, 7) is 0.00262. The first kappa shape index (κ1) is 18.9. The summed E-state index contributed by atoms with van der Waals surface area (Å²) in [5, 5.41) is 2.94. The highest BCUT2D eigenvalue weighted by Crippen LogP contribution is 2.14. The second-order valence-electron chi connectivity index (χ2n) is 5.10. The molecule has 0 unspecified atom stereocenters. The summed E-state index contributed by atoms with van der Waals surface area (Å²) in [5.74, 6) is -0.645. The molecule has 8 nitrogen and oxygen atoms in total. The highest BCUT2D eigenvalue weighted by molar-refractivity contribution is 6.31. The van der Waals surface area contributed by atoms with Crippen LogP contribution in [0.2, 0.25) is 5.02 Å². The molecule has 0 aliphatic rings. The van der Waals surface area contributed by atoms with Crippen molar-refractivity contribution in [2.24, 2.45) is 0 Å². The van der Waals surface area contributed by atoms with Crippen LogP contribution in [0, 0.1) is 0 Å². The van der Waals surface area contributed by atoms with Crippen molar-refractivity contribution in [3.63, 3.8) is 0 Å². The summed E-state index contributed by atoms with van der Waals surface area (Å²) >= 11 is 6.06. The van der Waals surface area contributed by atoms with E-state index in [4.69, 9.17) is 21.1 Å². The van der Waals surface area contributed by atoms with Gasteiger partial charge in [0.25, 0.3) is 11.5 Å². The van der Waals surface area contributed by atoms with Crippen LogP contribution in [0.5, 0.6) is 0 Å². The van der Waals surface area contributed by atoms with Crippen LogP contribution in [0.1, 0.15) is 15.9 Å². The zero-order valence-corrected chi connectivity index (χ0v) is 14.5. The molecule has 0 aliphatic carbocycles. The van der Waals surface area contributed by atoms with E-state index in [1.54, 1.807) is 24.3 Å². The fourth-order valence-corrected chi connectivity index (χ4v) is 2.34. The van der Waals surface area contributed by atoms with Crippen molar-refractivity contribution in [3.8, 4) is 0 Å². The average molecular weight is 368 g/mol. The van der Waals surface area contributed by atoms with Crippen molar-refractivity contribution in [3.05, 3.63) is 67.4 Å². The van der Waals surface area contributed by atoms with Crippen LogP contribution in [-0.4, -0.2) is 42.5 Å². The second kappa shape index (κ2) is 8.61. The van der Waals surface area contributed by atoms with Gasteiger partial charge in [0.05, 0.1) is 13.1 Å². The first-order valence-corrected chi connectivity index (χ1v) is 7.75. The Bertz CT molecular complexity index is 857. The van der Waals surface area contributed by atoms with E-state index in [-0.39, 0.29) is 18.7 Å². The third-order valence-corrected chi connectivity index (χ3v) is 3.92. The molecule has 134 valence electrons. The molecule has 0 fully saturated rings. The molecular formula is C16H18ClN3O5. The lowest BCUT2D eigenvalue weighted by molar-refractivity contribution is -0.0974. The number of methoxy groups -OCH3 is 2. The Kier molecular flexibility index (Phi) is 6.51. The maximum absolute atomic E-state index is 12.5. The van der Waals surface area contributed by atoms with E-state index in [2.05, 4.69) is 10.3 Å². The van der Waals surface area contributed by atoms with E-state index in [0.29, 0.717) is 10.6 Å². The Labute approximate surface area is 148 Å². The minimum Gasteiger partial charge on any atom is -0.354 e. The molecule has 0 saturated heterocycles. The van der Waals surface area contributed by atoms with Crippen molar-refractivity contribution in [1.29, 1.82) is 0 Å². The van der Waals surface area contributed by atoms with Gasteiger partial charge in [0, 0.05) is 25.4 Å². The number of carbonyl (C=O) groups excluding carboxylic acids is 1. The van der Waals surface area contributed by atoms with Gasteiger partial charge in [-0.1, -0.05) is 29.8 Å². The van der Waals surface area contributed by atoms with E-state index in [1.807, 2.05) is 0 Å². The van der Waals surface area contributed by atoms with E-state index in [9.17, 15) is 14.4 Å². The normalized spacial score (nSPS) is 10.9. The fourth-order valence-electron chi connectivity index (χ4n) is 2.15. The molecule has 0 saturated carbocycles. The molecule has 2 aromatic rings. The van der Waals surface area contributed by atoms with E-state index >= 15 is 0 Å². The van der Waals surface area contributed by atoms with Gasteiger partial charge in [0.2, 0.25) is 0 Å². The largest absolute Gasteiger partial charge is 0.354 e. The van der Waals surface area contributed by atoms with Crippen LogP contribution in [0.3, 0.4) is 0 Å². The lowest BCUT2D eigenvalue weighted by Gasteiger charge is -2.14. The quantitative estimate of drug-likeness (QED) is 0.697. The van der Waals surface area contributed by atoms with Gasteiger partial charge >= 0.3 is 5.69 Å². The van der Waals surface area contributed by atoms with Crippen LogP contribution >= 0.6 is 11.6 Å². The van der Waals surface area contributed by atoms with Gasteiger partial charge in [-0.3, -0.25) is 14.2 Å². The molecule has 0 atom stereocenters. The van der Waals surface area contributed by atoms with Crippen molar-refractivity contribution < 1.29 is 14.3 Å². The number of benzene rings is 1. The number of rotatable bonds is 7. The molecule has 2 rings (SSSR count). The Balaban J connectivity index is 2.28. The highest BCUT2D eigenvalue weighted by atomic mass is 35.5. The Morgan fingerprint density at radius 3 is 2.60 bits per heavy atom. The molecule has 1 aromatic carbocycles. The monoisotopic (exact) mass is 367 g/mol. The molecule has 1 heterocycles. The molecule has 0 radical (unpaired) electrons. The molecule has 0 bridgehead atoms. The summed E-state index contributed by atoms with van der Waals surface area (Å²) in [6, 6.07) is 6.84. The number of halogens is 1. The lowest BCUT2D eigenvalue weighted by atomic mass is 10.2. The maximum atomic E-state index is 12.5. The number of H-pyrrole nitrogens is 1. The minimum atomic E-state index is -0.715. The van der Waals surface area contributed by atoms with Gasteiger partial charge < -0.3 is 19.8 Å². The molecule has 25 heavy (non-hydrogen) atoms. The summed E-state index contributed by atoms with van der Waals surface area (Å²) < 4.78 is 10.8. The van der Waals surface area contributed by atoms with Crippen molar-refractivity contribution in [2.75, 3.05) is 20.8 Å². The zero-order valence-electron chi connectivity index (χ0n) is 13.7. The van der Waals surface area contributed by atoms with E-state index in [1.165, 1.54) is 14.2 Å². The molecule has 1 amide bonds. The Morgan fingerprint density at radius 1 is 1.28 bits per heavy atom. The molecule has 0 spiro atoms. The van der Waals surface area contributed by atoms with Crippen LogP contribution in [0.15, 0.2) is 40.1 Å². The van der Waals surface area contributed by atoms with Gasteiger partial charge in [0.15, 0.2) is 6.29 Å². The number of hydrogen-bond donors (Lipinski definition) is 2. The number of aromatic amines is 1. The molecule has 2 N–H and O–H groups in total. The van der Waals surface area contributed by atoms with Crippen LogP contribution in [0.4, 0.5) is 0 Å². The van der Waals surface area contributed by atoms with Crippen LogP contribution in [-0.2, 0) is 16.0 Å². The van der Waals surface area contributed by atoms with Gasteiger partial charge in [-0.05, 0) is 11.6 Å². The average Bonchev–Trinajstić information content (AvgIpc) is 2.60. The summed E-state index contributed by atoms with van der Waals surface area (Å²) in [4.78, 5) is 39.1. The van der Waals surface area contributed by atoms with Gasteiger partial charge in [-0.25, -0.2) is 4.79 Å². The third kappa shape index (κ3) is 4.56. The molecular weight excluding hydrogens is 350 g/mol. The summed E-state index contributed by atoms with van der Waals surface area (Å²) in [6.07, 6.45) is 0.439. The standard InChI is InChI=1S/C16H18ClN3O5/c1-24-13(25-2)8-18-14(21)11-7-19-16(23)20(15(11)22)9-10-5-3-4-6-12(10)17/h3-7,13H,8-9H2,1-2H3,(H,18,21)(H,19,23). The lowest BCUT2D eigenvalue weighted by Crippen LogP contribution is -2.42. The van der Waals surface area contributed by atoms with Gasteiger partial charge in [0.1, 0.15) is 5.56 Å². The highest BCUT2D eigenvalue weighted by Gasteiger charge is 2.17. The summed E-state index contributed by atoms with van der Waals surface area (Å²) in [7, 11) is 2.85. The number of nitrogens with one attached hydrogen (secondary N) is 2. The predicted octanol–water partition coefficient (Wildman–Crippen LogP) is 0.587. The minimum absolute atomic E-state index is 0.0479. The van der Waals surface area contributed by atoms with Crippen LogP contribution < -0.4 is 16.6 Å². The van der Waals surface area contributed by atoms with Gasteiger partial charge in [-0.2, -0.15) is 0 Å². The Morgan fingerprint density at radius 2 is 1.96 bits per heavy atom. The zero-order chi connectivity index (χ0) is 18.4. The van der Waals surface area contributed by atoms with E-state index in [0.717, 1.165) is 10.8 Å². The van der Waals surface area contributed by atoms with Crippen LogP contribution in [0.25, 0.3) is 0 Å². The van der Waals surface area contributed by atoms with E-state index < -0.39 is 23.4 Å². The Hall–Kier alpha value is -2.42. The summed E-state index contributed by atoms with van der Waals surface area (Å²) in [5.41, 5.74) is -0.952. The molecule has 0 aliphatic heterocycles. The number of aromatic nitrogens is 2. The number of carbonyl (C=O) groups is 1. The smallest absolute Gasteiger partial charge is 0.328 e. The predicted molar refractivity (Wildman–Crippen MR) is 92.0 cm³/mol. The fraction of sp³-hybridized carbons (Fsp3) is 0.312.